The molecule has 90 valence electrons. The molecule has 0 aliphatic heterocycles. The van der Waals surface area contributed by atoms with E-state index in [2.05, 4.69) is 15.0 Å². The van der Waals surface area contributed by atoms with Gasteiger partial charge in [-0.3, -0.25) is 4.98 Å². The highest BCUT2D eigenvalue weighted by Gasteiger charge is 2.08. The van der Waals surface area contributed by atoms with Gasteiger partial charge in [-0.1, -0.05) is 17.8 Å². The van der Waals surface area contributed by atoms with Gasteiger partial charge in [-0.15, -0.1) is 0 Å². The van der Waals surface area contributed by atoms with Gasteiger partial charge in [0.1, 0.15) is 10.5 Å². The zero-order valence-electron chi connectivity index (χ0n) is 9.41. The van der Waals surface area contributed by atoms with Gasteiger partial charge in [0.25, 0.3) is 0 Å². The SMILES string of the molecule is Nc1cccc2oc(CSc3cnccn3)nc12. The predicted octanol–water partition coefficient (Wildman–Crippen LogP) is 2.49. The molecule has 0 atom stereocenters. The summed E-state index contributed by atoms with van der Waals surface area (Å²) in [6, 6.07) is 5.52. The minimum atomic E-state index is 0.604. The highest BCUT2D eigenvalue weighted by atomic mass is 32.2. The van der Waals surface area contributed by atoms with Gasteiger partial charge >= 0.3 is 0 Å². The molecule has 0 aliphatic carbocycles. The Kier molecular flexibility index (Phi) is 2.85. The van der Waals surface area contributed by atoms with Crippen molar-refractivity contribution >= 4 is 28.5 Å². The second kappa shape index (κ2) is 4.66. The number of para-hydroxylation sites is 1. The Hall–Kier alpha value is -2.08. The summed E-state index contributed by atoms with van der Waals surface area (Å²) in [6.07, 6.45) is 5.01. The van der Waals surface area contributed by atoms with E-state index in [0.717, 1.165) is 5.03 Å². The van der Waals surface area contributed by atoms with Crippen molar-refractivity contribution in [2.45, 2.75) is 10.8 Å². The summed E-state index contributed by atoms with van der Waals surface area (Å²) in [6.45, 7) is 0. The number of nitrogen functional groups attached to an aromatic ring is 1. The average molecular weight is 258 g/mol. The molecule has 3 rings (SSSR count). The van der Waals surface area contributed by atoms with E-state index in [1.165, 1.54) is 11.8 Å². The van der Waals surface area contributed by atoms with Crippen LogP contribution in [0.4, 0.5) is 5.69 Å². The van der Waals surface area contributed by atoms with Gasteiger partial charge in [-0.25, -0.2) is 9.97 Å². The third kappa shape index (κ3) is 2.14. The van der Waals surface area contributed by atoms with Gasteiger partial charge in [0, 0.05) is 12.4 Å². The predicted molar refractivity (Wildman–Crippen MR) is 70.0 cm³/mol. The van der Waals surface area contributed by atoms with E-state index < -0.39 is 0 Å². The van der Waals surface area contributed by atoms with Crippen LogP contribution in [0.5, 0.6) is 0 Å². The molecule has 0 saturated heterocycles. The van der Waals surface area contributed by atoms with Gasteiger partial charge < -0.3 is 10.2 Å². The Morgan fingerprint density at radius 2 is 2.22 bits per heavy atom. The first-order valence-electron chi connectivity index (χ1n) is 5.35. The first kappa shape index (κ1) is 11.0. The topological polar surface area (TPSA) is 77.8 Å². The monoisotopic (exact) mass is 258 g/mol. The molecule has 0 bridgehead atoms. The summed E-state index contributed by atoms with van der Waals surface area (Å²) in [4.78, 5) is 12.5. The van der Waals surface area contributed by atoms with Gasteiger partial charge in [-0.05, 0) is 12.1 Å². The van der Waals surface area contributed by atoms with Crippen LogP contribution < -0.4 is 5.73 Å². The van der Waals surface area contributed by atoms with E-state index in [1.54, 1.807) is 18.6 Å². The summed E-state index contributed by atoms with van der Waals surface area (Å²) in [5.41, 5.74) is 7.88. The van der Waals surface area contributed by atoms with Crippen molar-refractivity contribution in [1.29, 1.82) is 0 Å². The van der Waals surface area contributed by atoms with Crippen LogP contribution in [0.2, 0.25) is 0 Å². The van der Waals surface area contributed by atoms with Crippen molar-refractivity contribution in [3.8, 4) is 0 Å². The fraction of sp³-hybridized carbons (Fsp3) is 0.0833. The Morgan fingerprint density at radius 1 is 1.28 bits per heavy atom. The van der Waals surface area contributed by atoms with Crippen LogP contribution in [-0.4, -0.2) is 15.0 Å². The normalized spacial score (nSPS) is 10.9. The van der Waals surface area contributed by atoms with E-state index in [4.69, 9.17) is 10.2 Å². The van der Waals surface area contributed by atoms with Crippen molar-refractivity contribution in [2.75, 3.05) is 5.73 Å². The largest absolute Gasteiger partial charge is 0.440 e. The molecule has 0 saturated carbocycles. The molecule has 5 nitrogen and oxygen atoms in total. The standard InChI is InChI=1S/C12H10N4OS/c13-8-2-1-3-9-12(8)16-10(17-9)7-18-11-6-14-4-5-15-11/h1-6H,7,13H2. The lowest BCUT2D eigenvalue weighted by Crippen LogP contribution is -1.86. The van der Waals surface area contributed by atoms with Crippen molar-refractivity contribution in [2.24, 2.45) is 0 Å². The minimum Gasteiger partial charge on any atom is -0.440 e. The van der Waals surface area contributed by atoms with Crippen LogP contribution >= 0.6 is 11.8 Å². The lowest BCUT2D eigenvalue weighted by atomic mass is 10.3. The highest BCUT2D eigenvalue weighted by Crippen LogP contribution is 2.25. The Balaban J connectivity index is 1.81. The number of hydrogen-bond donors (Lipinski definition) is 1. The molecule has 2 N–H and O–H groups in total. The maximum Gasteiger partial charge on any atom is 0.205 e. The Labute approximate surface area is 107 Å². The molecule has 6 heteroatoms. The van der Waals surface area contributed by atoms with Crippen molar-refractivity contribution < 1.29 is 4.42 Å². The van der Waals surface area contributed by atoms with Gasteiger partial charge in [0.15, 0.2) is 5.58 Å². The maximum absolute atomic E-state index is 5.83. The third-order valence-electron chi connectivity index (χ3n) is 2.38. The molecule has 18 heavy (non-hydrogen) atoms. The number of nitrogens with two attached hydrogens (primary N) is 1. The van der Waals surface area contributed by atoms with E-state index in [9.17, 15) is 0 Å². The lowest BCUT2D eigenvalue weighted by molar-refractivity contribution is 0.556. The summed E-state index contributed by atoms with van der Waals surface area (Å²) >= 11 is 1.52. The van der Waals surface area contributed by atoms with E-state index in [1.807, 2.05) is 18.2 Å². The second-order valence-corrected chi connectivity index (χ2v) is 4.63. The molecule has 0 unspecified atom stereocenters. The lowest BCUT2D eigenvalue weighted by Gasteiger charge is -1.95. The van der Waals surface area contributed by atoms with E-state index in [0.29, 0.717) is 28.4 Å². The number of oxazole rings is 1. The average Bonchev–Trinajstić information content (AvgIpc) is 2.82. The van der Waals surface area contributed by atoms with E-state index >= 15 is 0 Å². The van der Waals surface area contributed by atoms with Gasteiger partial charge in [-0.2, -0.15) is 0 Å². The summed E-state index contributed by atoms with van der Waals surface area (Å²) < 4.78 is 5.61. The van der Waals surface area contributed by atoms with Crippen molar-refractivity contribution in [3.63, 3.8) is 0 Å². The minimum absolute atomic E-state index is 0.604. The maximum atomic E-state index is 5.83. The zero-order chi connectivity index (χ0) is 12.4. The number of thioether (sulfide) groups is 1. The third-order valence-corrected chi connectivity index (χ3v) is 3.28. The molecular weight excluding hydrogens is 248 g/mol. The Bertz CT molecular complexity index is 668. The van der Waals surface area contributed by atoms with Crippen LogP contribution in [0.15, 0.2) is 46.2 Å². The molecule has 0 spiro atoms. The fourth-order valence-corrected chi connectivity index (χ4v) is 2.24. The van der Waals surface area contributed by atoms with Gasteiger partial charge in [0.05, 0.1) is 17.6 Å². The first-order valence-corrected chi connectivity index (χ1v) is 6.34. The summed E-state index contributed by atoms with van der Waals surface area (Å²) in [5.74, 6) is 1.24. The van der Waals surface area contributed by atoms with Crippen LogP contribution in [0.3, 0.4) is 0 Å². The van der Waals surface area contributed by atoms with Crippen LogP contribution in [0.1, 0.15) is 5.89 Å². The van der Waals surface area contributed by atoms with Crippen molar-refractivity contribution in [3.05, 3.63) is 42.7 Å². The number of nitrogens with zero attached hydrogens (tertiary/aromatic N) is 3. The molecule has 2 heterocycles. The zero-order valence-corrected chi connectivity index (χ0v) is 10.2. The molecule has 3 aromatic rings. The number of benzene rings is 1. The number of aromatic nitrogens is 3. The number of fused-ring (bicyclic) bond motifs is 1. The molecular formula is C12H10N4OS. The van der Waals surface area contributed by atoms with Crippen LogP contribution in [-0.2, 0) is 5.75 Å². The molecule has 2 aromatic heterocycles. The number of hydrogen-bond acceptors (Lipinski definition) is 6. The summed E-state index contributed by atoms with van der Waals surface area (Å²) in [5, 5.41) is 0.840. The summed E-state index contributed by atoms with van der Waals surface area (Å²) in [7, 11) is 0. The number of rotatable bonds is 3. The number of anilines is 1. The molecule has 0 radical (unpaired) electrons. The van der Waals surface area contributed by atoms with Crippen molar-refractivity contribution in [1.82, 2.24) is 15.0 Å². The quantitative estimate of drug-likeness (QED) is 0.574. The Morgan fingerprint density at radius 3 is 3.00 bits per heavy atom. The highest BCUT2D eigenvalue weighted by molar-refractivity contribution is 7.98. The second-order valence-electron chi connectivity index (χ2n) is 3.63. The smallest absolute Gasteiger partial charge is 0.205 e. The fourth-order valence-electron chi connectivity index (χ4n) is 1.57. The van der Waals surface area contributed by atoms with Gasteiger partial charge in [0.2, 0.25) is 5.89 Å². The molecule has 0 fully saturated rings. The van der Waals surface area contributed by atoms with Crippen LogP contribution in [0.25, 0.3) is 11.1 Å². The van der Waals surface area contributed by atoms with Crippen LogP contribution in [0, 0.1) is 0 Å². The molecule has 1 aromatic carbocycles. The molecule has 0 aliphatic rings. The first-order chi connectivity index (χ1) is 8.83. The molecule has 0 amide bonds. The van der Waals surface area contributed by atoms with E-state index in [-0.39, 0.29) is 0 Å².